The van der Waals surface area contributed by atoms with Crippen LogP contribution in [0.4, 0.5) is 0 Å². The number of hydrogen-bond donors (Lipinski definition) is 1. The smallest absolute Gasteiger partial charge is 0.206 e. The highest BCUT2D eigenvalue weighted by molar-refractivity contribution is 9.09. The van der Waals surface area contributed by atoms with Crippen LogP contribution in [-0.2, 0) is 10.0 Å². The van der Waals surface area contributed by atoms with Gasteiger partial charge in [0.1, 0.15) is 0 Å². The van der Waals surface area contributed by atoms with Gasteiger partial charge in [-0.25, -0.2) is 8.42 Å². The van der Waals surface area contributed by atoms with Gasteiger partial charge in [-0.1, -0.05) is 18.2 Å². The van der Waals surface area contributed by atoms with Crippen LogP contribution in [0.3, 0.4) is 0 Å². The van der Waals surface area contributed by atoms with Crippen molar-refractivity contribution in [2.75, 3.05) is 0 Å². The SMILES string of the molecule is O=S(=O)(NBr)c1ccccc1. The third-order valence-electron chi connectivity index (χ3n) is 1.16. The highest BCUT2D eigenvalue weighted by Gasteiger charge is 2.09. The van der Waals surface area contributed by atoms with E-state index in [1.54, 1.807) is 18.2 Å². The molecular weight excluding hydrogens is 230 g/mol. The van der Waals surface area contributed by atoms with Crippen molar-refractivity contribution in [3.05, 3.63) is 30.3 Å². The van der Waals surface area contributed by atoms with E-state index < -0.39 is 10.0 Å². The lowest BCUT2D eigenvalue weighted by atomic mass is 10.4. The molecule has 0 aliphatic rings. The second-order valence-corrected chi connectivity index (χ2v) is 4.50. The number of benzene rings is 1. The molecule has 0 saturated heterocycles. The van der Waals surface area contributed by atoms with E-state index >= 15 is 0 Å². The van der Waals surface area contributed by atoms with Gasteiger partial charge < -0.3 is 0 Å². The lowest BCUT2D eigenvalue weighted by Gasteiger charge is -1.98. The molecule has 0 saturated carbocycles. The van der Waals surface area contributed by atoms with E-state index in [1.165, 1.54) is 12.1 Å². The lowest BCUT2D eigenvalue weighted by molar-refractivity contribution is 0.595. The summed E-state index contributed by atoms with van der Waals surface area (Å²) in [6.07, 6.45) is 0. The molecule has 0 radical (unpaired) electrons. The van der Waals surface area contributed by atoms with Crippen LogP contribution in [-0.4, -0.2) is 8.42 Å². The van der Waals surface area contributed by atoms with Crippen LogP contribution in [0.5, 0.6) is 0 Å². The fraction of sp³-hybridized carbons (Fsp3) is 0. The number of hydrogen-bond acceptors (Lipinski definition) is 2. The summed E-state index contributed by atoms with van der Waals surface area (Å²) in [6, 6.07) is 8.12. The Morgan fingerprint density at radius 2 is 1.73 bits per heavy atom. The molecule has 0 bridgehead atoms. The van der Waals surface area contributed by atoms with Crippen LogP contribution in [0.25, 0.3) is 0 Å². The van der Waals surface area contributed by atoms with Crippen molar-refractivity contribution in [2.24, 2.45) is 0 Å². The first-order chi connectivity index (χ1) is 5.17. The summed E-state index contributed by atoms with van der Waals surface area (Å²) in [5.74, 6) is 0. The maximum Gasteiger partial charge on any atom is 0.250 e. The predicted molar refractivity (Wildman–Crippen MR) is 45.7 cm³/mol. The number of nitrogens with one attached hydrogen (secondary N) is 1. The topological polar surface area (TPSA) is 46.2 Å². The van der Waals surface area contributed by atoms with Crippen LogP contribution < -0.4 is 3.75 Å². The van der Waals surface area contributed by atoms with Crippen LogP contribution in [0.1, 0.15) is 0 Å². The molecule has 60 valence electrons. The van der Waals surface area contributed by atoms with Crippen LogP contribution in [0.2, 0.25) is 0 Å². The molecule has 1 rings (SSSR count). The van der Waals surface area contributed by atoms with Gasteiger partial charge in [-0.3, -0.25) is 0 Å². The molecule has 0 amide bonds. The Hall–Kier alpha value is -0.390. The first kappa shape index (κ1) is 8.70. The minimum absolute atomic E-state index is 0.247. The minimum atomic E-state index is -3.33. The zero-order chi connectivity index (χ0) is 8.32. The van der Waals surface area contributed by atoms with E-state index in [0.717, 1.165) is 0 Å². The summed E-state index contributed by atoms with van der Waals surface area (Å²) in [4.78, 5) is 0.247. The van der Waals surface area contributed by atoms with Gasteiger partial charge in [0, 0.05) is 16.1 Å². The summed E-state index contributed by atoms with van der Waals surface area (Å²) in [5.41, 5.74) is 0. The molecule has 1 aromatic rings. The summed E-state index contributed by atoms with van der Waals surface area (Å²) < 4.78 is 24.1. The van der Waals surface area contributed by atoms with Crippen molar-refractivity contribution in [3.63, 3.8) is 0 Å². The number of halogens is 1. The first-order valence-electron chi connectivity index (χ1n) is 2.84. The second-order valence-electron chi connectivity index (χ2n) is 1.89. The Labute approximate surface area is 73.8 Å². The normalized spacial score (nSPS) is 11.4. The summed E-state index contributed by atoms with van der Waals surface area (Å²) >= 11 is 2.67. The van der Waals surface area contributed by atoms with Crippen LogP contribution in [0, 0.1) is 0 Å². The number of sulfonamides is 1. The zero-order valence-corrected chi connectivity index (χ0v) is 7.89. The Morgan fingerprint density at radius 3 is 2.18 bits per heavy atom. The third-order valence-corrected chi connectivity index (χ3v) is 3.53. The van der Waals surface area contributed by atoms with E-state index in [9.17, 15) is 8.42 Å². The maximum atomic E-state index is 11.0. The Kier molecular flexibility index (Phi) is 2.64. The highest BCUT2D eigenvalue weighted by atomic mass is 79.9. The van der Waals surface area contributed by atoms with Crippen molar-refractivity contribution in [1.29, 1.82) is 0 Å². The van der Waals surface area contributed by atoms with Gasteiger partial charge in [-0.05, 0) is 12.1 Å². The van der Waals surface area contributed by atoms with E-state index in [1.807, 2.05) is 3.75 Å². The molecule has 0 aromatic heterocycles. The first-order valence-corrected chi connectivity index (χ1v) is 5.12. The quantitative estimate of drug-likeness (QED) is 0.786. The van der Waals surface area contributed by atoms with Gasteiger partial charge in [-0.15, -0.1) is 3.75 Å². The largest absolute Gasteiger partial charge is 0.250 e. The van der Waals surface area contributed by atoms with Crippen LogP contribution >= 0.6 is 16.1 Å². The summed E-state index contributed by atoms with van der Waals surface area (Å²) in [5, 5.41) is 0. The molecule has 3 nitrogen and oxygen atoms in total. The highest BCUT2D eigenvalue weighted by Crippen LogP contribution is 2.07. The van der Waals surface area contributed by atoms with Gasteiger partial charge in [-0.2, -0.15) is 0 Å². The predicted octanol–water partition coefficient (Wildman–Crippen LogP) is 1.27. The van der Waals surface area contributed by atoms with E-state index in [4.69, 9.17) is 0 Å². The Balaban J connectivity index is 3.14. The number of rotatable bonds is 2. The molecule has 5 heteroatoms. The van der Waals surface area contributed by atoms with Gasteiger partial charge in [0.25, 0.3) is 0 Å². The Morgan fingerprint density at radius 1 is 1.18 bits per heavy atom. The van der Waals surface area contributed by atoms with Gasteiger partial charge in [0.15, 0.2) is 0 Å². The lowest BCUT2D eigenvalue weighted by Crippen LogP contribution is -2.12. The molecule has 11 heavy (non-hydrogen) atoms. The monoisotopic (exact) mass is 235 g/mol. The van der Waals surface area contributed by atoms with Crippen molar-refractivity contribution in [2.45, 2.75) is 4.90 Å². The van der Waals surface area contributed by atoms with E-state index in [-0.39, 0.29) is 4.90 Å². The second kappa shape index (κ2) is 3.34. The van der Waals surface area contributed by atoms with Crippen molar-refractivity contribution < 1.29 is 8.42 Å². The molecule has 0 unspecified atom stereocenters. The third kappa shape index (κ3) is 2.02. The fourth-order valence-electron chi connectivity index (χ4n) is 0.644. The fourth-order valence-corrected chi connectivity index (χ4v) is 1.81. The molecule has 0 atom stereocenters. The van der Waals surface area contributed by atoms with Crippen LogP contribution in [0.15, 0.2) is 35.2 Å². The molecule has 0 spiro atoms. The van der Waals surface area contributed by atoms with E-state index in [0.29, 0.717) is 0 Å². The van der Waals surface area contributed by atoms with Crippen molar-refractivity contribution in [3.8, 4) is 0 Å². The maximum absolute atomic E-state index is 11.0. The Bertz CT molecular complexity index is 322. The van der Waals surface area contributed by atoms with Gasteiger partial charge in [0.2, 0.25) is 10.0 Å². The van der Waals surface area contributed by atoms with Crippen molar-refractivity contribution >= 4 is 26.2 Å². The summed E-state index contributed by atoms with van der Waals surface area (Å²) in [6.45, 7) is 0. The molecule has 0 fully saturated rings. The van der Waals surface area contributed by atoms with E-state index in [2.05, 4.69) is 16.1 Å². The minimum Gasteiger partial charge on any atom is -0.206 e. The molecule has 1 N–H and O–H groups in total. The molecule has 0 aliphatic heterocycles. The van der Waals surface area contributed by atoms with Gasteiger partial charge >= 0.3 is 0 Å². The molecule has 0 aliphatic carbocycles. The van der Waals surface area contributed by atoms with Crippen molar-refractivity contribution in [1.82, 2.24) is 3.75 Å². The molecular formula is C6H6BrNO2S. The average Bonchev–Trinajstić information content (AvgIpc) is 2.06. The molecule has 1 aromatic carbocycles. The van der Waals surface area contributed by atoms with Gasteiger partial charge in [0.05, 0.1) is 4.90 Å². The zero-order valence-electron chi connectivity index (χ0n) is 5.49. The average molecular weight is 236 g/mol. The summed E-state index contributed by atoms with van der Waals surface area (Å²) in [7, 11) is -3.33. The molecule has 0 heterocycles. The standard InChI is InChI=1S/C6H6BrNO2S/c7-8-11(9,10)6-4-2-1-3-5-6/h1-5,8H.